The van der Waals surface area contributed by atoms with Crippen molar-refractivity contribution in [2.24, 2.45) is 0 Å². The lowest BCUT2D eigenvalue weighted by atomic mass is 9.28. The number of anilines is 8. The average Bonchev–Trinajstić information content (AvgIpc) is 3.55. The zero-order valence-corrected chi connectivity index (χ0v) is 39.9. The van der Waals surface area contributed by atoms with Gasteiger partial charge in [-0.1, -0.05) is 145 Å². The zero-order chi connectivity index (χ0) is 45.6. The van der Waals surface area contributed by atoms with Gasteiger partial charge < -0.3 is 20.0 Å². The molecule has 1 fully saturated rings. The minimum atomic E-state index is -0.247. The molecular formula is C61H58BN5. The maximum Gasteiger partial charge on any atom is 0.252 e. The van der Waals surface area contributed by atoms with Gasteiger partial charge >= 0.3 is 0 Å². The van der Waals surface area contributed by atoms with Crippen LogP contribution in [0.4, 0.5) is 45.5 Å². The van der Waals surface area contributed by atoms with Crippen LogP contribution in [0.5, 0.6) is 0 Å². The lowest BCUT2D eigenvalue weighted by Crippen LogP contribution is -2.67. The number of hydrogen-bond acceptors (Lipinski definition) is 5. The van der Waals surface area contributed by atoms with E-state index in [1.54, 1.807) is 0 Å². The highest BCUT2D eigenvalue weighted by Gasteiger charge is 2.59. The zero-order valence-electron chi connectivity index (χ0n) is 39.9. The quantitative estimate of drug-likeness (QED) is 0.174. The summed E-state index contributed by atoms with van der Waals surface area (Å²) in [6, 6.07) is 51.2. The van der Waals surface area contributed by atoms with Crippen LogP contribution >= 0.6 is 0 Å². The number of allylic oxidation sites excluding steroid dienone is 2. The molecule has 6 heteroatoms. The van der Waals surface area contributed by atoms with Gasteiger partial charge in [0, 0.05) is 62.3 Å². The summed E-state index contributed by atoms with van der Waals surface area (Å²) in [6.07, 6.45) is 15.3. The van der Waals surface area contributed by atoms with Gasteiger partial charge in [0.1, 0.15) is 0 Å². The average molecular weight is 872 g/mol. The number of pyridine rings is 1. The first-order chi connectivity index (χ1) is 32.4. The molecule has 1 aromatic heterocycles. The van der Waals surface area contributed by atoms with E-state index in [1.807, 2.05) is 12.3 Å². The number of para-hydroxylation sites is 2. The molecule has 6 heterocycles. The summed E-state index contributed by atoms with van der Waals surface area (Å²) in [4.78, 5) is 13.1. The molecule has 330 valence electrons. The smallest absolute Gasteiger partial charge is 0.252 e. The topological polar surface area (TPSA) is 34.6 Å². The molecule has 0 spiro atoms. The molecule has 7 aromatic rings. The highest BCUT2D eigenvalue weighted by Crippen LogP contribution is 2.62. The Hall–Kier alpha value is -6.79. The van der Waals surface area contributed by atoms with Crippen molar-refractivity contribution in [3.8, 4) is 11.3 Å². The lowest BCUT2D eigenvalue weighted by Gasteiger charge is -2.52. The number of rotatable bonds is 5. The van der Waals surface area contributed by atoms with Crippen LogP contribution in [0.3, 0.4) is 0 Å². The monoisotopic (exact) mass is 871 g/mol. The summed E-state index contributed by atoms with van der Waals surface area (Å²) < 4.78 is 0. The fourth-order valence-corrected chi connectivity index (χ4v) is 13.6. The van der Waals surface area contributed by atoms with Crippen LogP contribution in [0.25, 0.3) is 11.3 Å². The molecule has 1 N–H and O–H groups in total. The van der Waals surface area contributed by atoms with Crippen LogP contribution in [0, 0.1) is 0 Å². The number of nitrogens with zero attached hydrogens (tertiary/aromatic N) is 4. The van der Waals surface area contributed by atoms with Crippen LogP contribution in [-0.4, -0.2) is 17.2 Å². The molecule has 5 aliphatic heterocycles. The standard InChI is InChI=1S/C61H58BN5/c1-58(2,3)39-30-31-50-45(36-39)60(6)32-14-15-33-61(60,7)67(50)40-37-53-57-54(38-40)66(49-27-11-9-21-42(49)47-25-13-17-35-64-47)52-29-19-23-44-56(52)62(57)55-43(59(44,4)5)22-18-28-51(55)65(53)48-26-10-8-20-41(48)46-24-12-16-34-63-46/h8-13,16-31,34-38,46,63H,14-15,32-33H2,1-7H3. The van der Waals surface area contributed by atoms with Crippen LogP contribution in [0.1, 0.15) is 108 Å². The van der Waals surface area contributed by atoms with E-state index in [4.69, 9.17) is 4.98 Å². The summed E-state index contributed by atoms with van der Waals surface area (Å²) >= 11 is 0. The Labute approximate surface area is 397 Å². The van der Waals surface area contributed by atoms with E-state index in [0.717, 1.165) is 23.4 Å². The Bertz CT molecular complexity index is 3270. The van der Waals surface area contributed by atoms with Crippen molar-refractivity contribution in [1.82, 2.24) is 10.3 Å². The second-order valence-electron chi connectivity index (χ2n) is 21.9. The minimum absolute atomic E-state index is 0.0207. The van der Waals surface area contributed by atoms with E-state index in [9.17, 15) is 0 Å². The molecule has 13 rings (SSSR count). The SMILES string of the molecule is CC(C)(C)c1ccc2c(c1)C1(C)CCCCC1(C)N2c1cc2c3c(c1)N(c1ccccc1C1C=CC=CN1)c1cccc4c1B3c1c(cccc1C4(C)C)N2c1ccccc1-c1ccccn1. The number of fused-ring (bicyclic) bond motifs is 3. The number of hydrogen-bond donors (Lipinski definition) is 1. The Morgan fingerprint density at radius 2 is 1.25 bits per heavy atom. The van der Waals surface area contributed by atoms with Gasteiger partial charge in [-0.25, -0.2) is 0 Å². The molecule has 3 unspecified atom stereocenters. The van der Waals surface area contributed by atoms with Gasteiger partial charge in [0.2, 0.25) is 0 Å². The van der Waals surface area contributed by atoms with Crippen molar-refractivity contribution in [2.75, 3.05) is 14.7 Å². The molecule has 67 heavy (non-hydrogen) atoms. The number of benzene rings is 6. The molecule has 0 amide bonds. The minimum Gasteiger partial charge on any atom is -0.381 e. The van der Waals surface area contributed by atoms with E-state index >= 15 is 0 Å². The van der Waals surface area contributed by atoms with E-state index < -0.39 is 0 Å². The fraction of sp³-hybridized carbons (Fsp3) is 0.262. The molecule has 5 nitrogen and oxygen atoms in total. The number of nitrogens with one attached hydrogen (secondary N) is 1. The molecular weight excluding hydrogens is 814 g/mol. The van der Waals surface area contributed by atoms with E-state index in [1.165, 1.54) is 103 Å². The lowest BCUT2D eigenvalue weighted by molar-refractivity contribution is 0.195. The van der Waals surface area contributed by atoms with Crippen LogP contribution < -0.4 is 36.4 Å². The van der Waals surface area contributed by atoms with Gasteiger partial charge in [0.05, 0.1) is 28.6 Å². The molecule has 1 aliphatic carbocycles. The van der Waals surface area contributed by atoms with Crippen molar-refractivity contribution < 1.29 is 0 Å². The van der Waals surface area contributed by atoms with Gasteiger partial charge in [0.25, 0.3) is 6.71 Å². The number of aromatic nitrogens is 1. The van der Waals surface area contributed by atoms with Gasteiger partial charge in [0.15, 0.2) is 0 Å². The summed E-state index contributed by atoms with van der Waals surface area (Å²) in [5.74, 6) is 0. The predicted octanol–water partition coefficient (Wildman–Crippen LogP) is 13.2. The Kier molecular flexibility index (Phi) is 8.53. The summed E-state index contributed by atoms with van der Waals surface area (Å²) in [6.45, 7) is 17.1. The van der Waals surface area contributed by atoms with Gasteiger partial charge in [-0.2, -0.15) is 0 Å². The normalized spacial score (nSPS) is 22.3. The third-order valence-corrected chi connectivity index (χ3v) is 17.1. The van der Waals surface area contributed by atoms with Crippen molar-refractivity contribution in [2.45, 2.75) is 102 Å². The summed E-state index contributed by atoms with van der Waals surface area (Å²) in [5.41, 5.74) is 22.7. The predicted molar refractivity (Wildman–Crippen MR) is 281 cm³/mol. The van der Waals surface area contributed by atoms with Crippen molar-refractivity contribution in [3.63, 3.8) is 0 Å². The first kappa shape index (κ1) is 40.5. The van der Waals surface area contributed by atoms with Crippen LogP contribution in [-0.2, 0) is 16.2 Å². The third-order valence-electron chi connectivity index (χ3n) is 17.1. The van der Waals surface area contributed by atoms with E-state index in [-0.39, 0.29) is 34.5 Å². The Morgan fingerprint density at radius 3 is 1.94 bits per heavy atom. The highest BCUT2D eigenvalue weighted by molar-refractivity contribution is 7.01. The Balaban J connectivity index is 1.17. The first-order valence-corrected chi connectivity index (χ1v) is 24.6. The second kappa shape index (κ2) is 14.1. The van der Waals surface area contributed by atoms with Crippen molar-refractivity contribution in [1.29, 1.82) is 0 Å². The highest BCUT2D eigenvalue weighted by atomic mass is 15.3. The molecule has 0 saturated heterocycles. The molecule has 0 bridgehead atoms. The maximum atomic E-state index is 4.99. The van der Waals surface area contributed by atoms with Crippen LogP contribution in [0.15, 0.2) is 164 Å². The summed E-state index contributed by atoms with van der Waals surface area (Å²) in [7, 11) is 0. The second-order valence-corrected chi connectivity index (χ2v) is 21.9. The first-order valence-electron chi connectivity index (χ1n) is 24.6. The van der Waals surface area contributed by atoms with Crippen LogP contribution in [0.2, 0.25) is 0 Å². The molecule has 3 atom stereocenters. The van der Waals surface area contributed by atoms with Crippen molar-refractivity contribution >= 4 is 68.6 Å². The maximum absolute atomic E-state index is 4.99. The molecule has 6 aliphatic rings. The molecule has 6 aromatic carbocycles. The Morgan fingerprint density at radius 1 is 0.597 bits per heavy atom. The molecule has 1 saturated carbocycles. The summed E-state index contributed by atoms with van der Waals surface area (Å²) in [5, 5.41) is 3.71. The van der Waals surface area contributed by atoms with Crippen molar-refractivity contribution in [3.05, 3.63) is 192 Å². The van der Waals surface area contributed by atoms with E-state index in [0.29, 0.717) is 0 Å². The van der Waals surface area contributed by atoms with Gasteiger partial charge in [-0.3, -0.25) is 4.98 Å². The van der Waals surface area contributed by atoms with E-state index in [2.05, 4.69) is 220 Å². The third kappa shape index (κ3) is 5.47. The molecule has 0 radical (unpaired) electrons. The van der Waals surface area contributed by atoms with Gasteiger partial charge in [-0.15, -0.1) is 0 Å². The fourth-order valence-electron chi connectivity index (χ4n) is 13.6. The largest absolute Gasteiger partial charge is 0.381 e. The van der Waals surface area contributed by atoms with Gasteiger partial charge in [-0.05, 0) is 131 Å². The number of dihydropyridines is 1.